The van der Waals surface area contributed by atoms with Crippen LogP contribution in [0.3, 0.4) is 0 Å². The van der Waals surface area contributed by atoms with Crippen LogP contribution in [0.5, 0.6) is 5.75 Å². The molecule has 3 rings (SSSR count). The fourth-order valence-electron chi connectivity index (χ4n) is 2.28. The van der Waals surface area contributed by atoms with E-state index in [0.29, 0.717) is 16.6 Å². The average Bonchev–Trinajstić information content (AvgIpc) is 2.50. The van der Waals surface area contributed by atoms with Crippen molar-refractivity contribution in [3.8, 4) is 5.75 Å². The van der Waals surface area contributed by atoms with E-state index >= 15 is 0 Å². The summed E-state index contributed by atoms with van der Waals surface area (Å²) < 4.78 is 26.3. The number of aromatic hydroxyl groups is 1. The van der Waals surface area contributed by atoms with Gasteiger partial charge in [0.1, 0.15) is 11.3 Å². The molecule has 0 aliphatic carbocycles. The maximum absolute atomic E-state index is 13.3. The van der Waals surface area contributed by atoms with Crippen LogP contribution in [-0.2, 0) is 0 Å². The van der Waals surface area contributed by atoms with Crippen LogP contribution in [0.4, 0.5) is 8.78 Å². The van der Waals surface area contributed by atoms with Gasteiger partial charge in [-0.2, -0.15) is 0 Å². The molecule has 0 radical (unpaired) electrons. The van der Waals surface area contributed by atoms with Gasteiger partial charge in [-0.3, -0.25) is 4.98 Å². The largest absolute Gasteiger partial charge is 0.505 e. The van der Waals surface area contributed by atoms with Crippen molar-refractivity contribution in [1.29, 1.82) is 0 Å². The minimum absolute atomic E-state index is 0.0506. The number of benzene rings is 2. The lowest BCUT2D eigenvalue weighted by atomic mass is 9.97. The zero-order chi connectivity index (χ0) is 15.0. The topological polar surface area (TPSA) is 59.1 Å². The Morgan fingerprint density at radius 3 is 2.62 bits per heavy atom. The van der Waals surface area contributed by atoms with Crippen molar-refractivity contribution in [2.45, 2.75) is 6.04 Å². The molecule has 3 nitrogen and oxygen atoms in total. The lowest BCUT2D eigenvalue weighted by Gasteiger charge is -2.15. The van der Waals surface area contributed by atoms with Gasteiger partial charge in [-0.15, -0.1) is 0 Å². The Morgan fingerprint density at radius 1 is 1.05 bits per heavy atom. The molecule has 0 saturated carbocycles. The maximum Gasteiger partial charge on any atom is 0.159 e. The summed E-state index contributed by atoms with van der Waals surface area (Å²) in [6.07, 6.45) is 1.56. The summed E-state index contributed by atoms with van der Waals surface area (Å²) in [7, 11) is 0. The highest BCUT2D eigenvalue weighted by Gasteiger charge is 2.17. The molecule has 3 N–H and O–H groups in total. The highest BCUT2D eigenvalue weighted by Crippen LogP contribution is 2.33. The minimum atomic E-state index is -0.971. The monoisotopic (exact) mass is 286 g/mol. The number of pyridine rings is 1. The van der Waals surface area contributed by atoms with Crippen molar-refractivity contribution in [3.05, 3.63) is 71.4 Å². The Hall–Kier alpha value is -2.53. The predicted octanol–water partition coefficient (Wildman–Crippen LogP) is 3.27. The lowest BCUT2D eigenvalue weighted by Crippen LogP contribution is -2.12. The first-order valence-electron chi connectivity index (χ1n) is 6.35. The van der Waals surface area contributed by atoms with Crippen molar-refractivity contribution >= 4 is 10.9 Å². The fraction of sp³-hybridized carbons (Fsp3) is 0.0625. The van der Waals surface area contributed by atoms with Crippen LogP contribution in [0.1, 0.15) is 17.2 Å². The predicted molar refractivity (Wildman–Crippen MR) is 75.8 cm³/mol. The number of phenols is 1. The van der Waals surface area contributed by atoms with Gasteiger partial charge in [0.2, 0.25) is 0 Å². The molecule has 3 aromatic rings. The molecule has 0 aliphatic rings. The van der Waals surface area contributed by atoms with Gasteiger partial charge in [-0.1, -0.05) is 24.3 Å². The van der Waals surface area contributed by atoms with Crippen LogP contribution < -0.4 is 5.73 Å². The molecule has 0 spiro atoms. The van der Waals surface area contributed by atoms with Gasteiger partial charge >= 0.3 is 0 Å². The highest BCUT2D eigenvalue weighted by atomic mass is 19.2. The van der Waals surface area contributed by atoms with Crippen LogP contribution >= 0.6 is 0 Å². The third kappa shape index (κ3) is 2.32. The molecule has 1 aromatic heterocycles. The number of halogens is 2. The van der Waals surface area contributed by atoms with Gasteiger partial charge in [-0.05, 0) is 23.8 Å². The van der Waals surface area contributed by atoms with E-state index < -0.39 is 17.7 Å². The van der Waals surface area contributed by atoms with E-state index in [1.807, 2.05) is 6.07 Å². The number of phenolic OH excluding ortho intramolecular Hbond substituents is 1. The molecule has 0 saturated heterocycles. The Morgan fingerprint density at radius 2 is 1.86 bits per heavy atom. The molecular formula is C16H12F2N2O. The minimum Gasteiger partial charge on any atom is -0.505 e. The molecule has 0 fully saturated rings. The first kappa shape index (κ1) is 13.5. The van der Waals surface area contributed by atoms with Gasteiger partial charge in [0, 0.05) is 17.1 Å². The molecule has 5 heteroatoms. The standard InChI is InChI=1S/C16H12F2N2O/c17-12-6-4-10(8-13(12)18)14(19)11-5-3-9-2-1-7-20-15(9)16(11)21/h1-8,14,21H,19H2. The van der Waals surface area contributed by atoms with E-state index in [1.54, 1.807) is 24.4 Å². The van der Waals surface area contributed by atoms with Crippen LogP contribution in [0.2, 0.25) is 0 Å². The molecule has 1 heterocycles. The summed E-state index contributed by atoms with van der Waals surface area (Å²) in [5, 5.41) is 11.1. The van der Waals surface area contributed by atoms with Crippen LogP contribution in [0.15, 0.2) is 48.7 Å². The Kier molecular flexibility index (Phi) is 3.27. The second-order valence-electron chi connectivity index (χ2n) is 4.73. The highest BCUT2D eigenvalue weighted by molar-refractivity contribution is 5.85. The number of nitrogens with zero attached hydrogens (tertiary/aromatic N) is 1. The smallest absolute Gasteiger partial charge is 0.159 e. The third-order valence-electron chi connectivity index (χ3n) is 3.42. The maximum atomic E-state index is 13.3. The first-order valence-corrected chi connectivity index (χ1v) is 6.35. The average molecular weight is 286 g/mol. The second-order valence-corrected chi connectivity index (χ2v) is 4.73. The summed E-state index contributed by atoms with van der Waals surface area (Å²) in [5.74, 6) is -1.96. The van der Waals surface area contributed by atoms with E-state index in [-0.39, 0.29) is 5.75 Å². The summed E-state index contributed by atoms with van der Waals surface area (Å²) in [6, 6.07) is 9.67. The zero-order valence-corrected chi connectivity index (χ0v) is 10.9. The number of rotatable bonds is 2. The molecule has 2 aromatic carbocycles. The Bertz CT molecular complexity index is 820. The van der Waals surface area contributed by atoms with Crippen molar-refractivity contribution in [1.82, 2.24) is 4.98 Å². The number of hydrogen-bond acceptors (Lipinski definition) is 3. The molecular weight excluding hydrogens is 274 g/mol. The molecule has 21 heavy (non-hydrogen) atoms. The van der Waals surface area contributed by atoms with E-state index in [2.05, 4.69) is 4.98 Å². The SMILES string of the molecule is NC(c1ccc(F)c(F)c1)c1ccc2cccnc2c1O. The van der Waals surface area contributed by atoms with E-state index in [0.717, 1.165) is 17.5 Å². The van der Waals surface area contributed by atoms with E-state index in [4.69, 9.17) is 5.73 Å². The van der Waals surface area contributed by atoms with Gasteiger partial charge in [0.25, 0.3) is 0 Å². The number of hydrogen-bond donors (Lipinski definition) is 2. The van der Waals surface area contributed by atoms with E-state index in [9.17, 15) is 13.9 Å². The van der Waals surface area contributed by atoms with Crippen molar-refractivity contribution < 1.29 is 13.9 Å². The second kappa shape index (κ2) is 5.10. The molecule has 0 aliphatic heterocycles. The zero-order valence-electron chi connectivity index (χ0n) is 10.9. The summed E-state index contributed by atoms with van der Waals surface area (Å²) >= 11 is 0. The van der Waals surface area contributed by atoms with Crippen molar-refractivity contribution in [2.75, 3.05) is 0 Å². The summed E-state index contributed by atoms with van der Waals surface area (Å²) in [4.78, 5) is 4.11. The fourth-order valence-corrected chi connectivity index (χ4v) is 2.28. The van der Waals surface area contributed by atoms with E-state index in [1.165, 1.54) is 6.07 Å². The molecule has 1 unspecified atom stereocenters. The third-order valence-corrected chi connectivity index (χ3v) is 3.42. The number of nitrogens with two attached hydrogens (primary N) is 1. The normalized spacial score (nSPS) is 12.5. The molecule has 0 bridgehead atoms. The number of aromatic nitrogens is 1. The van der Waals surface area contributed by atoms with Gasteiger partial charge in [0.05, 0.1) is 6.04 Å². The van der Waals surface area contributed by atoms with Crippen molar-refractivity contribution in [3.63, 3.8) is 0 Å². The summed E-state index contributed by atoms with van der Waals surface area (Å²) in [5.41, 5.74) is 7.26. The van der Waals surface area contributed by atoms with Crippen LogP contribution in [0.25, 0.3) is 10.9 Å². The van der Waals surface area contributed by atoms with Crippen LogP contribution in [-0.4, -0.2) is 10.1 Å². The first-order chi connectivity index (χ1) is 10.1. The lowest BCUT2D eigenvalue weighted by molar-refractivity contribution is 0.470. The molecule has 0 amide bonds. The Balaban J connectivity index is 2.10. The van der Waals surface area contributed by atoms with Gasteiger partial charge < -0.3 is 10.8 Å². The van der Waals surface area contributed by atoms with Crippen LogP contribution in [0, 0.1) is 11.6 Å². The van der Waals surface area contributed by atoms with Gasteiger partial charge in [-0.25, -0.2) is 8.78 Å². The van der Waals surface area contributed by atoms with Gasteiger partial charge in [0.15, 0.2) is 11.6 Å². The molecule has 1 atom stereocenters. The summed E-state index contributed by atoms with van der Waals surface area (Å²) in [6.45, 7) is 0. The van der Waals surface area contributed by atoms with Crippen molar-refractivity contribution in [2.24, 2.45) is 5.73 Å². The Labute approximate surface area is 119 Å². The quantitative estimate of drug-likeness (QED) is 0.760. The molecule has 106 valence electrons. The number of fused-ring (bicyclic) bond motifs is 1.